The Balaban J connectivity index is 1.79. The fraction of sp³-hybridized carbons (Fsp3) is 0.103. The molecule has 2 heterocycles. The standard InChI is InChI=1S/C29H23ClN2O4S/c1-34-22-13-18(14-23(35-2)27(22)36-3)20-15-21(16-7-5-4-6-8-16)32-29-24(20)25(31)28(37-29)26(33)17-9-11-19(30)12-10-17/h4-15H,31H2,1-3H3. The quantitative estimate of drug-likeness (QED) is 0.225. The van der Waals surface area contributed by atoms with Crippen molar-refractivity contribution in [3.8, 4) is 39.6 Å². The van der Waals surface area contributed by atoms with Crippen LogP contribution >= 0.6 is 22.9 Å². The van der Waals surface area contributed by atoms with Crippen LogP contribution in [-0.4, -0.2) is 32.1 Å². The summed E-state index contributed by atoms with van der Waals surface area (Å²) in [7, 11) is 4.70. The molecule has 0 atom stereocenters. The predicted octanol–water partition coefficient (Wildman–Crippen LogP) is 7.12. The molecule has 2 aromatic heterocycles. The van der Waals surface area contributed by atoms with E-state index in [2.05, 4.69) is 0 Å². The number of carbonyl (C=O) groups is 1. The molecular formula is C29H23ClN2O4S. The fourth-order valence-electron chi connectivity index (χ4n) is 4.24. The lowest BCUT2D eigenvalue weighted by Gasteiger charge is -2.15. The van der Waals surface area contributed by atoms with Crippen molar-refractivity contribution in [2.45, 2.75) is 0 Å². The van der Waals surface area contributed by atoms with Crippen molar-refractivity contribution < 1.29 is 19.0 Å². The second kappa shape index (κ2) is 10.1. The molecule has 0 unspecified atom stereocenters. The normalized spacial score (nSPS) is 10.9. The summed E-state index contributed by atoms with van der Waals surface area (Å²) in [5.74, 6) is 1.32. The monoisotopic (exact) mass is 530 g/mol. The maximum absolute atomic E-state index is 13.4. The van der Waals surface area contributed by atoms with Gasteiger partial charge in [-0.05, 0) is 53.6 Å². The van der Waals surface area contributed by atoms with E-state index < -0.39 is 0 Å². The highest BCUT2D eigenvalue weighted by Crippen LogP contribution is 2.46. The van der Waals surface area contributed by atoms with E-state index >= 15 is 0 Å². The zero-order valence-electron chi connectivity index (χ0n) is 20.4. The van der Waals surface area contributed by atoms with Crippen molar-refractivity contribution in [2.24, 2.45) is 0 Å². The number of thiophene rings is 1. The molecule has 0 saturated carbocycles. The Bertz CT molecular complexity index is 1590. The molecular weight excluding hydrogens is 508 g/mol. The van der Waals surface area contributed by atoms with Gasteiger partial charge in [-0.3, -0.25) is 4.79 Å². The number of hydrogen-bond donors (Lipinski definition) is 1. The zero-order valence-corrected chi connectivity index (χ0v) is 21.9. The van der Waals surface area contributed by atoms with Crippen LogP contribution in [0.2, 0.25) is 5.02 Å². The second-order valence-corrected chi connectivity index (χ2v) is 9.63. The number of hydrogen-bond acceptors (Lipinski definition) is 7. The molecule has 5 rings (SSSR count). The highest BCUT2D eigenvalue weighted by Gasteiger charge is 2.24. The van der Waals surface area contributed by atoms with Gasteiger partial charge in [0.1, 0.15) is 9.71 Å². The minimum atomic E-state index is -0.186. The van der Waals surface area contributed by atoms with E-state index in [-0.39, 0.29) is 5.78 Å². The lowest BCUT2D eigenvalue weighted by molar-refractivity contribution is 0.104. The second-order valence-electron chi connectivity index (χ2n) is 8.20. The zero-order chi connectivity index (χ0) is 26.1. The Hall–Kier alpha value is -4.07. The van der Waals surface area contributed by atoms with Gasteiger partial charge < -0.3 is 19.9 Å². The minimum absolute atomic E-state index is 0.186. The summed E-state index contributed by atoms with van der Waals surface area (Å²) in [5.41, 5.74) is 10.8. The number of ether oxygens (including phenoxy) is 3. The van der Waals surface area contributed by atoms with Crippen molar-refractivity contribution in [1.29, 1.82) is 0 Å². The number of rotatable bonds is 7. The van der Waals surface area contributed by atoms with E-state index in [4.69, 9.17) is 36.5 Å². The third kappa shape index (κ3) is 4.48. The molecule has 2 N–H and O–H groups in total. The summed E-state index contributed by atoms with van der Waals surface area (Å²) < 4.78 is 16.7. The average Bonchev–Trinajstić information content (AvgIpc) is 3.28. The van der Waals surface area contributed by atoms with Gasteiger partial charge in [-0.25, -0.2) is 4.98 Å². The number of nitrogens with two attached hydrogens (primary N) is 1. The Kier molecular flexibility index (Phi) is 6.74. The minimum Gasteiger partial charge on any atom is -0.493 e. The van der Waals surface area contributed by atoms with Crippen molar-refractivity contribution in [1.82, 2.24) is 4.98 Å². The van der Waals surface area contributed by atoms with Gasteiger partial charge in [0.2, 0.25) is 11.5 Å². The number of nitrogen functional groups attached to an aromatic ring is 1. The molecule has 0 fully saturated rings. The van der Waals surface area contributed by atoms with Crippen molar-refractivity contribution in [3.05, 3.63) is 88.3 Å². The molecule has 5 aromatic rings. The molecule has 0 saturated heterocycles. The Morgan fingerprint density at radius 3 is 2.11 bits per heavy atom. The van der Waals surface area contributed by atoms with Crippen molar-refractivity contribution in [3.63, 3.8) is 0 Å². The summed E-state index contributed by atoms with van der Waals surface area (Å²) >= 11 is 7.29. The summed E-state index contributed by atoms with van der Waals surface area (Å²) in [5, 5.41) is 1.25. The van der Waals surface area contributed by atoms with E-state index in [1.54, 1.807) is 45.6 Å². The van der Waals surface area contributed by atoms with Gasteiger partial charge in [0.05, 0.1) is 32.7 Å². The van der Waals surface area contributed by atoms with E-state index in [1.807, 2.05) is 48.5 Å². The van der Waals surface area contributed by atoms with Gasteiger partial charge >= 0.3 is 0 Å². The molecule has 0 aliphatic heterocycles. The number of anilines is 1. The Morgan fingerprint density at radius 2 is 1.51 bits per heavy atom. The number of benzene rings is 3. The summed E-state index contributed by atoms with van der Waals surface area (Å²) in [6, 6.07) is 22.3. The molecule has 186 valence electrons. The van der Waals surface area contributed by atoms with Crippen molar-refractivity contribution in [2.75, 3.05) is 27.1 Å². The largest absolute Gasteiger partial charge is 0.493 e. The number of nitrogens with zero attached hydrogens (tertiary/aromatic N) is 1. The molecule has 0 aliphatic carbocycles. The molecule has 0 aliphatic rings. The van der Waals surface area contributed by atoms with Crippen molar-refractivity contribution >= 4 is 44.6 Å². The first-order valence-corrected chi connectivity index (χ1v) is 12.5. The number of halogens is 1. The average molecular weight is 531 g/mol. The number of pyridine rings is 1. The van der Waals surface area contributed by atoms with Crippen LogP contribution < -0.4 is 19.9 Å². The first-order chi connectivity index (χ1) is 17.9. The molecule has 6 nitrogen and oxygen atoms in total. The van der Waals surface area contributed by atoms with Gasteiger partial charge in [0.15, 0.2) is 11.5 Å². The van der Waals surface area contributed by atoms with Crippen LogP contribution in [-0.2, 0) is 0 Å². The van der Waals surface area contributed by atoms with Crippen LogP contribution in [0.4, 0.5) is 5.69 Å². The molecule has 0 radical (unpaired) electrons. The van der Waals surface area contributed by atoms with E-state index in [0.717, 1.165) is 22.4 Å². The highest BCUT2D eigenvalue weighted by atomic mass is 35.5. The van der Waals surface area contributed by atoms with E-state index in [0.29, 0.717) is 48.6 Å². The SMILES string of the molecule is COc1cc(-c2cc(-c3ccccc3)nc3sc(C(=O)c4ccc(Cl)cc4)c(N)c23)cc(OC)c1OC. The van der Waals surface area contributed by atoms with Gasteiger partial charge in [-0.2, -0.15) is 0 Å². The smallest absolute Gasteiger partial charge is 0.205 e. The number of fused-ring (bicyclic) bond motifs is 1. The third-order valence-electron chi connectivity index (χ3n) is 6.06. The van der Waals surface area contributed by atoms with Gasteiger partial charge in [-0.15, -0.1) is 11.3 Å². The van der Waals surface area contributed by atoms with Crippen LogP contribution in [0.1, 0.15) is 15.2 Å². The lowest BCUT2D eigenvalue weighted by Crippen LogP contribution is -2.02. The summed E-state index contributed by atoms with van der Waals surface area (Å²) in [4.78, 5) is 19.4. The molecule has 3 aromatic carbocycles. The first-order valence-electron chi connectivity index (χ1n) is 11.3. The topological polar surface area (TPSA) is 83.7 Å². The van der Waals surface area contributed by atoms with Gasteiger partial charge in [0, 0.05) is 21.5 Å². The van der Waals surface area contributed by atoms with Crippen LogP contribution in [0, 0.1) is 0 Å². The van der Waals surface area contributed by atoms with Crippen LogP contribution in [0.3, 0.4) is 0 Å². The number of carbonyl (C=O) groups excluding carboxylic acids is 1. The third-order valence-corrected chi connectivity index (χ3v) is 7.41. The van der Waals surface area contributed by atoms with Crippen LogP contribution in [0.15, 0.2) is 72.8 Å². The van der Waals surface area contributed by atoms with E-state index in [1.165, 1.54) is 11.3 Å². The molecule has 0 spiro atoms. The Morgan fingerprint density at radius 1 is 0.865 bits per heavy atom. The first kappa shape index (κ1) is 24.6. The number of ketones is 1. The van der Waals surface area contributed by atoms with Crippen LogP contribution in [0.25, 0.3) is 32.6 Å². The number of methoxy groups -OCH3 is 3. The van der Waals surface area contributed by atoms with Gasteiger partial charge in [0.25, 0.3) is 0 Å². The highest BCUT2D eigenvalue weighted by molar-refractivity contribution is 7.21. The summed E-state index contributed by atoms with van der Waals surface area (Å²) in [6.07, 6.45) is 0. The van der Waals surface area contributed by atoms with E-state index in [9.17, 15) is 4.79 Å². The lowest BCUT2D eigenvalue weighted by atomic mass is 9.98. The molecule has 0 amide bonds. The Labute approximate surface area is 223 Å². The maximum Gasteiger partial charge on any atom is 0.205 e. The van der Waals surface area contributed by atoms with Crippen LogP contribution in [0.5, 0.6) is 17.2 Å². The maximum atomic E-state index is 13.4. The predicted molar refractivity (Wildman–Crippen MR) is 149 cm³/mol. The molecule has 8 heteroatoms. The fourth-order valence-corrected chi connectivity index (χ4v) is 5.45. The summed E-state index contributed by atoms with van der Waals surface area (Å²) in [6.45, 7) is 0. The molecule has 37 heavy (non-hydrogen) atoms. The molecule has 0 bridgehead atoms. The number of aromatic nitrogens is 1. The van der Waals surface area contributed by atoms with Gasteiger partial charge in [-0.1, -0.05) is 41.9 Å².